The maximum atomic E-state index is 6.03. The van der Waals surface area contributed by atoms with Crippen molar-refractivity contribution in [1.82, 2.24) is 5.32 Å². The van der Waals surface area contributed by atoms with Crippen LogP contribution in [0.15, 0.2) is 15.9 Å². The summed E-state index contributed by atoms with van der Waals surface area (Å²) in [5.74, 6) is 0.631. The first-order chi connectivity index (χ1) is 9.22. The number of halogens is 1. The summed E-state index contributed by atoms with van der Waals surface area (Å²) in [6, 6.07) is 4.79. The second kappa shape index (κ2) is 5.82. The van der Waals surface area contributed by atoms with E-state index in [0.29, 0.717) is 12.0 Å². The van der Waals surface area contributed by atoms with E-state index < -0.39 is 0 Å². The van der Waals surface area contributed by atoms with Gasteiger partial charge in [-0.2, -0.15) is 0 Å². The number of hydrogen-bond donors (Lipinski definition) is 1. The Morgan fingerprint density at radius 1 is 1.47 bits per heavy atom. The molecule has 1 aromatic heterocycles. The van der Waals surface area contributed by atoms with Gasteiger partial charge in [-0.1, -0.05) is 0 Å². The van der Waals surface area contributed by atoms with Crippen molar-refractivity contribution in [2.75, 3.05) is 26.9 Å². The van der Waals surface area contributed by atoms with Gasteiger partial charge in [-0.25, -0.2) is 0 Å². The lowest BCUT2D eigenvalue weighted by Gasteiger charge is -2.40. The molecule has 0 aliphatic carbocycles. The molecule has 0 radical (unpaired) electrons. The summed E-state index contributed by atoms with van der Waals surface area (Å²) in [5, 5.41) is 3.50. The van der Waals surface area contributed by atoms with Gasteiger partial charge in [0.2, 0.25) is 0 Å². The maximum Gasteiger partial charge on any atom is 0.0940 e. The summed E-state index contributed by atoms with van der Waals surface area (Å²) in [4.78, 5) is 1.41. The van der Waals surface area contributed by atoms with Crippen LogP contribution in [0.4, 0.5) is 0 Å². The summed E-state index contributed by atoms with van der Waals surface area (Å²) in [6.45, 7) is 2.48. The van der Waals surface area contributed by atoms with Crippen LogP contribution in [-0.4, -0.2) is 32.5 Å². The largest absolute Gasteiger partial charge is 0.378 e. The number of ether oxygens (including phenoxy) is 2. The fourth-order valence-corrected chi connectivity index (χ4v) is 4.95. The van der Waals surface area contributed by atoms with Crippen LogP contribution in [0, 0.1) is 5.92 Å². The molecule has 106 valence electrons. The highest BCUT2D eigenvalue weighted by Crippen LogP contribution is 2.42. The average Bonchev–Trinajstić information content (AvgIpc) is 3.01. The Morgan fingerprint density at radius 3 is 3.00 bits per heavy atom. The molecule has 0 aromatic carbocycles. The average molecular weight is 346 g/mol. The molecule has 2 aliphatic rings. The SMILES string of the molecule is CNC(c1ccc(Br)s1)C1CCOC2(CCOC2)C1. The summed E-state index contributed by atoms with van der Waals surface area (Å²) < 4.78 is 12.8. The highest BCUT2D eigenvalue weighted by molar-refractivity contribution is 9.11. The number of thiophene rings is 1. The molecule has 2 saturated heterocycles. The fourth-order valence-electron chi connectivity index (χ4n) is 3.32. The summed E-state index contributed by atoms with van der Waals surface area (Å²) in [6.07, 6.45) is 3.28. The zero-order chi connectivity index (χ0) is 13.3. The Labute approximate surface area is 126 Å². The molecule has 3 atom stereocenters. The summed E-state index contributed by atoms with van der Waals surface area (Å²) in [5.41, 5.74) is -0.00743. The first-order valence-corrected chi connectivity index (χ1v) is 8.48. The van der Waals surface area contributed by atoms with E-state index in [-0.39, 0.29) is 5.60 Å². The molecule has 2 fully saturated rings. The molecule has 19 heavy (non-hydrogen) atoms. The number of rotatable bonds is 3. The first kappa shape index (κ1) is 14.0. The van der Waals surface area contributed by atoms with Gasteiger partial charge in [-0.3, -0.25) is 0 Å². The van der Waals surface area contributed by atoms with Crippen molar-refractivity contribution >= 4 is 27.3 Å². The molecule has 1 N–H and O–H groups in total. The maximum absolute atomic E-state index is 6.03. The van der Waals surface area contributed by atoms with E-state index in [0.717, 1.165) is 39.1 Å². The number of hydrogen-bond acceptors (Lipinski definition) is 4. The van der Waals surface area contributed by atoms with Crippen LogP contribution < -0.4 is 5.32 Å². The molecule has 3 nitrogen and oxygen atoms in total. The van der Waals surface area contributed by atoms with E-state index in [1.165, 1.54) is 8.66 Å². The van der Waals surface area contributed by atoms with Crippen LogP contribution >= 0.6 is 27.3 Å². The van der Waals surface area contributed by atoms with Crippen LogP contribution in [0.3, 0.4) is 0 Å². The lowest BCUT2D eigenvalue weighted by molar-refractivity contribution is -0.103. The zero-order valence-electron chi connectivity index (χ0n) is 11.2. The molecule has 0 amide bonds. The summed E-state index contributed by atoms with van der Waals surface area (Å²) in [7, 11) is 2.06. The van der Waals surface area contributed by atoms with Crippen molar-refractivity contribution in [1.29, 1.82) is 0 Å². The standard InChI is InChI=1S/C14H20BrNO2S/c1-16-13(11-2-3-12(15)19-11)10-4-6-18-14(8-10)5-7-17-9-14/h2-3,10,13,16H,4-9H2,1H3. The van der Waals surface area contributed by atoms with Gasteiger partial charge in [0.05, 0.1) is 16.0 Å². The predicted octanol–water partition coefficient (Wildman–Crippen LogP) is 3.36. The van der Waals surface area contributed by atoms with E-state index in [1.54, 1.807) is 0 Å². The molecular weight excluding hydrogens is 326 g/mol. The second-order valence-corrected chi connectivity index (χ2v) is 7.99. The zero-order valence-corrected chi connectivity index (χ0v) is 13.6. The van der Waals surface area contributed by atoms with Gasteiger partial charge >= 0.3 is 0 Å². The van der Waals surface area contributed by atoms with Gasteiger partial charge < -0.3 is 14.8 Å². The van der Waals surface area contributed by atoms with Crippen molar-refractivity contribution in [3.05, 3.63) is 20.8 Å². The van der Waals surface area contributed by atoms with Crippen molar-refractivity contribution in [2.45, 2.75) is 30.9 Å². The van der Waals surface area contributed by atoms with Gasteiger partial charge in [0.25, 0.3) is 0 Å². The predicted molar refractivity (Wildman–Crippen MR) is 80.7 cm³/mol. The molecule has 0 saturated carbocycles. The summed E-state index contributed by atoms with van der Waals surface area (Å²) >= 11 is 5.39. The van der Waals surface area contributed by atoms with E-state index >= 15 is 0 Å². The fraction of sp³-hybridized carbons (Fsp3) is 0.714. The molecule has 2 aliphatic heterocycles. The van der Waals surface area contributed by atoms with Crippen LogP contribution in [0.2, 0.25) is 0 Å². The Bertz CT molecular complexity index is 431. The van der Waals surface area contributed by atoms with Gasteiger partial charge in [-0.15, -0.1) is 11.3 Å². The van der Waals surface area contributed by atoms with Gasteiger partial charge in [0, 0.05) is 30.6 Å². The second-order valence-electron chi connectivity index (χ2n) is 5.50. The molecule has 3 heterocycles. The quantitative estimate of drug-likeness (QED) is 0.910. The van der Waals surface area contributed by atoms with Crippen LogP contribution in [0.1, 0.15) is 30.2 Å². The molecule has 1 spiro atoms. The first-order valence-electron chi connectivity index (χ1n) is 6.87. The molecule has 3 unspecified atom stereocenters. The van der Waals surface area contributed by atoms with Crippen molar-refractivity contribution in [2.24, 2.45) is 5.92 Å². The Morgan fingerprint density at radius 2 is 2.37 bits per heavy atom. The Kier molecular flexibility index (Phi) is 4.29. The lowest BCUT2D eigenvalue weighted by atomic mass is 9.80. The Hall–Kier alpha value is 0.0600. The third kappa shape index (κ3) is 2.90. The third-order valence-corrected chi connectivity index (χ3v) is 5.99. The minimum absolute atomic E-state index is 0.00743. The van der Waals surface area contributed by atoms with Gasteiger partial charge in [0.15, 0.2) is 0 Å². The van der Waals surface area contributed by atoms with Crippen molar-refractivity contribution < 1.29 is 9.47 Å². The smallest absolute Gasteiger partial charge is 0.0940 e. The highest BCUT2D eigenvalue weighted by Gasteiger charge is 2.43. The molecular formula is C14H20BrNO2S. The van der Waals surface area contributed by atoms with Crippen molar-refractivity contribution in [3.63, 3.8) is 0 Å². The van der Waals surface area contributed by atoms with E-state index in [9.17, 15) is 0 Å². The minimum Gasteiger partial charge on any atom is -0.378 e. The Balaban J connectivity index is 1.76. The molecule has 1 aromatic rings. The van der Waals surface area contributed by atoms with Crippen LogP contribution in [0.25, 0.3) is 0 Å². The van der Waals surface area contributed by atoms with E-state index in [4.69, 9.17) is 9.47 Å². The van der Waals surface area contributed by atoms with Crippen LogP contribution in [0.5, 0.6) is 0 Å². The number of nitrogens with one attached hydrogen (secondary N) is 1. The van der Waals surface area contributed by atoms with Crippen LogP contribution in [-0.2, 0) is 9.47 Å². The lowest BCUT2D eigenvalue weighted by Crippen LogP contribution is -2.43. The monoisotopic (exact) mass is 345 g/mol. The van der Waals surface area contributed by atoms with E-state index in [1.807, 2.05) is 11.3 Å². The molecule has 5 heteroatoms. The normalized spacial score (nSPS) is 32.8. The van der Waals surface area contributed by atoms with Gasteiger partial charge in [-0.05, 0) is 53.9 Å². The third-order valence-electron chi connectivity index (χ3n) is 4.28. The highest BCUT2D eigenvalue weighted by atomic mass is 79.9. The van der Waals surface area contributed by atoms with Gasteiger partial charge in [0.1, 0.15) is 0 Å². The molecule has 3 rings (SSSR count). The minimum atomic E-state index is -0.00743. The molecule has 0 bridgehead atoms. The topological polar surface area (TPSA) is 30.5 Å². The van der Waals surface area contributed by atoms with E-state index in [2.05, 4.69) is 40.4 Å². The van der Waals surface area contributed by atoms with Crippen molar-refractivity contribution in [3.8, 4) is 0 Å².